The Balaban J connectivity index is 1.71. The fourth-order valence-corrected chi connectivity index (χ4v) is 5.22. The van der Waals surface area contributed by atoms with Gasteiger partial charge in [0.2, 0.25) is 0 Å². The Morgan fingerprint density at radius 2 is 2.03 bits per heavy atom. The van der Waals surface area contributed by atoms with Crippen molar-refractivity contribution in [3.8, 4) is 0 Å². The van der Waals surface area contributed by atoms with Crippen LogP contribution in [0, 0.1) is 10.1 Å². The van der Waals surface area contributed by atoms with E-state index in [1.54, 1.807) is 12.1 Å². The van der Waals surface area contributed by atoms with E-state index in [1.165, 1.54) is 24.2 Å². The van der Waals surface area contributed by atoms with E-state index >= 15 is 0 Å². The van der Waals surface area contributed by atoms with Crippen molar-refractivity contribution in [2.45, 2.75) is 54.9 Å². The quantitative estimate of drug-likeness (QED) is 0.309. The van der Waals surface area contributed by atoms with Gasteiger partial charge in [0, 0.05) is 29.1 Å². The molecule has 1 N–H and O–H groups in total. The third-order valence-electron chi connectivity index (χ3n) is 5.97. The molecule has 1 aliphatic heterocycles. The normalized spacial score (nSPS) is 16.3. The predicted molar refractivity (Wildman–Crippen MR) is 130 cm³/mol. The lowest BCUT2D eigenvalue weighted by molar-refractivity contribution is -0.387. The molecule has 0 saturated carbocycles. The van der Waals surface area contributed by atoms with E-state index in [1.807, 2.05) is 24.3 Å². The smallest absolute Gasteiger partial charge is 0.283 e. The third kappa shape index (κ3) is 5.78. The molecule has 1 saturated heterocycles. The summed E-state index contributed by atoms with van der Waals surface area (Å²) in [6.07, 6.45) is 3.23. The summed E-state index contributed by atoms with van der Waals surface area (Å²) < 4.78 is 0. The molecule has 1 amide bonds. The van der Waals surface area contributed by atoms with Crippen molar-refractivity contribution in [2.75, 3.05) is 20.1 Å². The zero-order valence-corrected chi connectivity index (χ0v) is 19.8. The van der Waals surface area contributed by atoms with Gasteiger partial charge in [-0.3, -0.25) is 14.9 Å². The number of nitro benzene ring substituents is 1. The Bertz CT molecular complexity index is 1010. The number of carbonyl (C=O) groups excluding carboxylic acids is 1. The lowest BCUT2D eigenvalue weighted by Gasteiger charge is -2.19. The van der Waals surface area contributed by atoms with Crippen LogP contribution < -0.4 is 5.32 Å². The monoisotopic (exact) mass is 453 g/mol. The average molecular weight is 454 g/mol. The molecule has 0 bridgehead atoms. The molecule has 0 aromatic heterocycles. The first-order chi connectivity index (χ1) is 15.3. The summed E-state index contributed by atoms with van der Waals surface area (Å²) in [5, 5.41) is 14.7. The van der Waals surface area contributed by atoms with Gasteiger partial charge in [0.15, 0.2) is 0 Å². The van der Waals surface area contributed by atoms with Crippen molar-refractivity contribution in [1.29, 1.82) is 0 Å². The number of hydrogen-bond donors (Lipinski definition) is 1. The van der Waals surface area contributed by atoms with Crippen LogP contribution in [0.2, 0.25) is 0 Å². The van der Waals surface area contributed by atoms with Gasteiger partial charge < -0.3 is 10.2 Å². The first-order valence-corrected chi connectivity index (χ1v) is 11.8. The van der Waals surface area contributed by atoms with Gasteiger partial charge in [0.25, 0.3) is 11.6 Å². The maximum absolute atomic E-state index is 12.6. The Morgan fingerprint density at radius 1 is 1.28 bits per heavy atom. The predicted octanol–water partition coefficient (Wildman–Crippen LogP) is 5.48. The highest BCUT2D eigenvalue weighted by atomic mass is 32.2. The molecule has 2 aromatic rings. The Labute approximate surface area is 194 Å². The number of nitrogens with zero attached hydrogens (tertiary/aromatic N) is 2. The van der Waals surface area contributed by atoms with Crippen LogP contribution in [0.3, 0.4) is 0 Å². The lowest BCUT2D eigenvalue weighted by Crippen LogP contribution is -2.32. The SMILES string of the molecule is C=C(C(=O)NCCC1CCCN1C)c1ccc(Sc2ccccc2C(C)C)c([N+](=O)[O-])c1. The van der Waals surface area contributed by atoms with Crippen molar-refractivity contribution < 1.29 is 9.72 Å². The number of amides is 1. The van der Waals surface area contributed by atoms with E-state index in [9.17, 15) is 14.9 Å². The van der Waals surface area contributed by atoms with Gasteiger partial charge in [-0.25, -0.2) is 0 Å². The number of benzene rings is 2. The molecule has 1 unspecified atom stereocenters. The molecule has 1 atom stereocenters. The summed E-state index contributed by atoms with van der Waals surface area (Å²) in [5.74, 6) is 0.0232. The number of rotatable bonds is 9. The molecule has 1 heterocycles. The summed E-state index contributed by atoms with van der Waals surface area (Å²) >= 11 is 1.38. The summed E-state index contributed by atoms with van der Waals surface area (Å²) in [4.78, 5) is 27.8. The van der Waals surface area contributed by atoms with Crippen molar-refractivity contribution in [3.63, 3.8) is 0 Å². The Kier molecular flexibility index (Phi) is 8.10. The second-order valence-corrected chi connectivity index (χ2v) is 9.62. The minimum absolute atomic E-state index is 0.0208. The Hall–Kier alpha value is -2.64. The molecule has 1 fully saturated rings. The van der Waals surface area contributed by atoms with E-state index in [0.717, 1.165) is 29.8 Å². The van der Waals surface area contributed by atoms with Gasteiger partial charge in [-0.2, -0.15) is 0 Å². The summed E-state index contributed by atoms with van der Waals surface area (Å²) in [7, 11) is 2.11. The topological polar surface area (TPSA) is 75.5 Å². The molecule has 6 nitrogen and oxygen atoms in total. The second kappa shape index (κ2) is 10.8. The maximum Gasteiger partial charge on any atom is 0.283 e. The molecule has 7 heteroatoms. The molecular formula is C25H31N3O3S. The number of carbonyl (C=O) groups is 1. The summed E-state index contributed by atoms with van der Waals surface area (Å²) in [6, 6.07) is 13.3. The van der Waals surface area contributed by atoms with Gasteiger partial charge in [-0.05, 0) is 62.0 Å². The van der Waals surface area contributed by atoms with Gasteiger partial charge in [0.05, 0.1) is 9.82 Å². The molecule has 1 aliphatic rings. The highest BCUT2D eigenvalue weighted by Crippen LogP contribution is 2.39. The van der Waals surface area contributed by atoms with E-state index in [2.05, 4.69) is 37.7 Å². The van der Waals surface area contributed by atoms with Crippen LogP contribution >= 0.6 is 11.8 Å². The van der Waals surface area contributed by atoms with Crippen LogP contribution in [0.5, 0.6) is 0 Å². The van der Waals surface area contributed by atoms with Crippen LogP contribution in [-0.4, -0.2) is 41.9 Å². The molecule has 3 rings (SSSR count). The number of hydrogen-bond acceptors (Lipinski definition) is 5. The van der Waals surface area contributed by atoms with Gasteiger partial charge in [0.1, 0.15) is 0 Å². The van der Waals surface area contributed by atoms with E-state index < -0.39 is 4.92 Å². The number of likely N-dealkylation sites (tertiary alicyclic amines) is 1. The van der Waals surface area contributed by atoms with E-state index in [0.29, 0.717) is 29.0 Å². The fraction of sp³-hybridized carbons (Fsp3) is 0.400. The molecule has 0 spiro atoms. The largest absolute Gasteiger partial charge is 0.352 e. The molecule has 170 valence electrons. The second-order valence-electron chi connectivity index (χ2n) is 8.53. The highest BCUT2D eigenvalue weighted by molar-refractivity contribution is 7.99. The number of nitrogens with one attached hydrogen (secondary N) is 1. The highest BCUT2D eigenvalue weighted by Gasteiger charge is 2.22. The van der Waals surface area contributed by atoms with Gasteiger partial charge in [-0.1, -0.05) is 56.5 Å². The standard InChI is InChI=1S/C25H31N3O3S/c1-17(2)21-9-5-6-10-23(21)32-24-12-11-19(16-22(24)28(30)31)18(3)25(29)26-14-13-20-8-7-15-27(20)4/h5-6,9-12,16-17,20H,3,7-8,13-15H2,1-2,4H3,(H,26,29). The van der Waals surface area contributed by atoms with Gasteiger partial charge in [-0.15, -0.1) is 0 Å². The first-order valence-electron chi connectivity index (χ1n) is 11.0. The zero-order valence-electron chi connectivity index (χ0n) is 19.0. The molecule has 2 aromatic carbocycles. The van der Waals surface area contributed by atoms with Crippen LogP contribution in [-0.2, 0) is 4.79 Å². The lowest BCUT2D eigenvalue weighted by atomic mass is 10.0. The van der Waals surface area contributed by atoms with Crippen LogP contribution in [0.25, 0.3) is 5.57 Å². The minimum atomic E-state index is -0.398. The first kappa shape index (κ1) is 24.0. The fourth-order valence-electron chi connectivity index (χ4n) is 4.04. The van der Waals surface area contributed by atoms with Crippen LogP contribution in [0.4, 0.5) is 5.69 Å². The number of nitro groups is 1. The third-order valence-corrected chi connectivity index (χ3v) is 7.13. The molecular weight excluding hydrogens is 422 g/mol. The average Bonchev–Trinajstić information content (AvgIpc) is 3.18. The van der Waals surface area contributed by atoms with E-state index in [4.69, 9.17) is 0 Å². The molecule has 32 heavy (non-hydrogen) atoms. The molecule has 0 radical (unpaired) electrons. The minimum Gasteiger partial charge on any atom is -0.352 e. The van der Waals surface area contributed by atoms with Crippen LogP contribution in [0.1, 0.15) is 50.2 Å². The maximum atomic E-state index is 12.6. The van der Waals surface area contributed by atoms with Crippen LogP contribution in [0.15, 0.2) is 58.8 Å². The van der Waals surface area contributed by atoms with Crippen molar-refractivity contribution in [3.05, 3.63) is 70.3 Å². The summed E-state index contributed by atoms with van der Waals surface area (Å²) in [6.45, 7) is 9.76. The van der Waals surface area contributed by atoms with Crippen molar-refractivity contribution >= 4 is 28.9 Å². The van der Waals surface area contributed by atoms with Crippen molar-refractivity contribution in [2.24, 2.45) is 0 Å². The summed E-state index contributed by atoms with van der Waals surface area (Å²) in [5.41, 5.74) is 1.83. The Morgan fingerprint density at radius 3 is 2.69 bits per heavy atom. The molecule has 0 aliphatic carbocycles. The van der Waals surface area contributed by atoms with E-state index in [-0.39, 0.29) is 17.2 Å². The van der Waals surface area contributed by atoms with Gasteiger partial charge >= 0.3 is 0 Å². The zero-order chi connectivity index (χ0) is 23.3. The van der Waals surface area contributed by atoms with Crippen molar-refractivity contribution in [1.82, 2.24) is 10.2 Å².